The summed E-state index contributed by atoms with van der Waals surface area (Å²) < 4.78 is 0. The first-order valence-corrected chi connectivity index (χ1v) is 4.25. The molecule has 2 aliphatic rings. The van der Waals surface area contributed by atoms with Gasteiger partial charge in [0.1, 0.15) is 0 Å². The quantitative estimate of drug-likeness (QED) is 0.319. The van der Waals surface area contributed by atoms with Crippen molar-refractivity contribution < 1.29 is 0 Å². The van der Waals surface area contributed by atoms with E-state index in [2.05, 4.69) is 12.3 Å². The minimum Gasteiger partial charge on any atom is -0.471 e. The highest BCUT2D eigenvalue weighted by Crippen LogP contribution is 2.18. The van der Waals surface area contributed by atoms with Gasteiger partial charge in [-0.1, -0.05) is 13.3 Å². The Labute approximate surface area is 46.1 Å². The van der Waals surface area contributed by atoms with Crippen LogP contribution in [0.3, 0.4) is 0 Å². The zero-order valence-electron chi connectivity index (χ0n) is 4.48. The van der Waals surface area contributed by atoms with Crippen LogP contribution in [0.15, 0.2) is 0 Å². The molecule has 0 saturated carbocycles. The van der Waals surface area contributed by atoms with Crippen LogP contribution in [0, 0.1) is 5.92 Å². The van der Waals surface area contributed by atoms with Gasteiger partial charge in [-0.25, -0.2) is 5.37 Å². The lowest BCUT2D eigenvalue weighted by Gasteiger charge is -2.04. The Kier molecular flexibility index (Phi) is 0.620. The molecule has 0 N–H and O–H groups in total. The van der Waals surface area contributed by atoms with Crippen LogP contribution in [0.1, 0.15) is 13.3 Å². The maximum absolute atomic E-state index is 2.44. The molecule has 0 radical (unpaired) electrons. The van der Waals surface area contributed by atoms with Crippen LogP contribution in [0.25, 0.3) is 0 Å². The van der Waals surface area contributed by atoms with Gasteiger partial charge in [-0.3, -0.25) is 0 Å². The van der Waals surface area contributed by atoms with Crippen LogP contribution in [-0.2, 0) is 10.1 Å². The van der Waals surface area contributed by atoms with E-state index in [9.17, 15) is 0 Å². The first-order chi connectivity index (χ1) is 3.38. The predicted octanol–water partition coefficient (Wildman–Crippen LogP) is 0.633. The number of hydrogen-bond acceptors (Lipinski definition) is 1. The van der Waals surface area contributed by atoms with E-state index in [0.717, 1.165) is 16.0 Å². The van der Waals surface area contributed by atoms with E-state index < -0.39 is 0 Å². The molecule has 0 aliphatic carbocycles. The fraction of sp³-hybridized carbons (Fsp3) is 0.667. The average molecular weight is 113 g/mol. The van der Waals surface area contributed by atoms with Crippen molar-refractivity contribution in [1.82, 2.24) is 0 Å². The van der Waals surface area contributed by atoms with Gasteiger partial charge < -0.3 is 10.1 Å². The van der Waals surface area contributed by atoms with Crippen molar-refractivity contribution in [2.45, 2.75) is 13.3 Å². The van der Waals surface area contributed by atoms with Crippen LogP contribution in [-0.4, -0.2) is 16.0 Å². The first kappa shape index (κ1) is 4.02. The Hall–Kier alpha value is 0.0900. The van der Waals surface area contributed by atoms with E-state index in [0.29, 0.717) is 0 Å². The molecule has 0 aromatic carbocycles. The Balaban J connectivity index is 2.33. The lowest BCUT2D eigenvalue weighted by atomic mass is 10.1. The van der Waals surface area contributed by atoms with Crippen molar-refractivity contribution in [2.24, 2.45) is 5.92 Å². The maximum Gasteiger partial charge on any atom is -0.0470 e. The fourth-order valence-electron chi connectivity index (χ4n) is 1.11. The summed E-state index contributed by atoms with van der Waals surface area (Å²) in [4.78, 5) is 1.78. The third kappa shape index (κ3) is 0.447. The Morgan fingerprint density at radius 1 is 1.86 bits per heavy atom. The topological polar surface area (TPSA) is 0 Å². The Bertz CT molecular complexity index is 182. The van der Waals surface area contributed by atoms with Crippen molar-refractivity contribution in [3.05, 3.63) is 0 Å². The van der Waals surface area contributed by atoms with E-state index in [1.165, 1.54) is 12.2 Å². The Morgan fingerprint density at radius 2 is 2.71 bits per heavy atom. The molecule has 1 unspecified atom stereocenters. The number of hydrogen-bond donors (Lipinski definition) is 0. The normalized spacial score (nSPS) is 37.9. The van der Waals surface area contributed by atoms with E-state index in [-0.39, 0.29) is 0 Å². The molecule has 1 atom stereocenters. The van der Waals surface area contributed by atoms with Gasteiger partial charge in [0.05, 0.1) is 0 Å². The second-order valence-corrected chi connectivity index (χ2v) is 4.32. The van der Waals surface area contributed by atoms with Crippen LogP contribution in [0.2, 0.25) is 0 Å². The van der Waals surface area contributed by atoms with Crippen molar-refractivity contribution in [2.75, 3.05) is 5.75 Å². The maximum atomic E-state index is 2.44. The van der Waals surface area contributed by atoms with Crippen molar-refractivity contribution in [3.8, 4) is 0 Å². The molecular formula is C6H9S-. The molecule has 2 rings (SSSR count). The van der Waals surface area contributed by atoms with E-state index in [1.807, 2.05) is 0 Å². The third-order valence-corrected chi connectivity index (χ3v) is 3.85. The SMILES string of the molecule is CC1CC[S-]2=CC=21. The highest BCUT2D eigenvalue weighted by atomic mass is 32.2. The number of rotatable bonds is 0. The lowest BCUT2D eigenvalue weighted by molar-refractivity contribution is 0.775. The zero-order valence-corrected chi connectivity index (χ0v) is 5.29. The first-order valence-electron chi connectivity index (χ1n) is 2.79. The van der Waals surface area contributed by atoms with Crippen LogP contribution < -0.4 is 0 Å². The summed E-state index contributed by atoms with van der Waals surface area (Å²) in [6.45, 7) is 2.34. The summed E-state index contributed by atoms with van der Waals surface area (Å²) in [6, 6.07) is 0. The highest BCUT2D eigenvalue weighted by Gasteiger charge is 2.09. The molecule has 2 heterocycles. The molecule has 0 nitrogen and oxygen atoms in total. The molecule has 2 aliphatic heterocycles. The second-order valence-electron chi connectivity index (χ2n) is 2.34. The van der Waals surface area contributed by atoms with Gasteiger partial charge in [-0.05, 0) is 5.92 Å². The minimum absolute atomic E-state index is 0.755. The van der Waals surface area contributed by atoms with Gasteiger partial charge in [-0.2, -0.15) is 4.86 Å². The fourth-order valence-corrected chi connectivity index (χ4v) is 3.38. The third-order valence-electron chi connectivity index (χ3n) is 1.76. The monoisotopic (exact) mass is 113 g/mol. The molecule has 0 aromatic rings. The summed E-state index contributed by atoms with van der Waals surface area (Å²) >= 11 is 0. The molecule has 0 spiro atoms. The Morgan fingerprint density at radius 3 is 2.86 bits per heavy atom. The van der Waals surface area contributed by atoms with Crippen LogP contribution in [0.4, 0.5) is 0 Å². The van der Waals surface area contributed by atoms with Gasteiger partial charge in [-0.15, -0.1) is 5.75 Å². The summed E-state index contributed by atoms with van der Waals surface area (Å²) in [5.74, 6) is 2.44. The summed E-state index contributed by atoms with van der Waals surface area (Å²) in [5.41, 5.74) is 0. The molecule has 7 heavy (non-hydrogen) atoms. The van der Waals surface area contributed by atoms with Crippen molar-refractivity contribution in [1.29, 1.82) is 0 Å². The van der Waals surface area contributed by atoms with Crippen molar-refractivity contribution in [3.63, 3.8) is 0 Å². The van der Waals surface area contributed by atoms with E-state index in [1.54, 1.807) is 4.86 Å². The predicted molar refractivity (Wildman–Crippen MR) is 37.1 cm³/mol. The van der Waals surface area contributed by atoms with Crippen LogP contribution in [0.5, 0.6) is 0 Å². The van der Waals surface area contributed by atoms with Gasteiger partial charge in [0.15, 0.2) is 0 Å². The molecule has 40 valence electrons. The summed E-state index contributed by atoms with van der Waals surface area (Å²) in [5, 5.41) is 2.44. The van der Waals surface area contributed by atoms with E-state index >= 15 is 0 Å². The van der Waals surface area contributed by atoms with Gasteiger partial charge in [0.25, 0.3) is 0 Å². The van der Waals surface area contributed by atoms with Gasteiger partial charge >= 0.3 is 0 Å². The van der Waals surface area contributed by atoms with E-state index in [4.69, 9.17) is 0 Å². The van der Waals surface area contributed by atoms with Crippen LogP contribution >= 0.6 is 0 Å². The smallest absolute Gasteiger partial charge is 0.0470 e. The molecule has 0 amide bonds. The molecule has 0 saturated heterocycles. The summed E-state index contributed by atoms with van der Waals surface area (Å²) in [7, 11) is 0.755. The highest BCUT2D eigenvalue weighted by molar-refractivity contribution is 8.07. The zero-order chi connectivity index (χ0) is 4.85. The standard InChI is InChI=1S/C6H9S/c1-5-2-3-7-4-6(5)7/h4-5H,2-3H2,1H3/q-1. The van der Waals surface area contributed by atoms with Crippen molar-refractivity contribution >= 4 is 20.3 Å². The molecular weight excluding hydrogens is 104 g/mol. The molecule has 0 bridgehead atoms. The minimum atomic E-state index is 0.755. The lowest BCUT2D eigenvalue weighted by Crippen LogP contribution is -1.99. The van der Waals surface area contributed by atoms with Gasteiger partial charge in [0.2, 0.25) is 0 Å². The summed E-state index contributed by atoms with van der Waals surface area (Å²) in [6.07, 6.45) is 1.47. The van der Waals surface area contributed by atoms with Gasteiger partial charge in [0, 0.05) is 0 Å². The average Bonchev–Trinajstić information content (AvgIpc) is 2.33. The molecule has 0 aromatic heterocycles. The molecule has 0 fully saturated rings. The largest absolute Gasteiger partial charge is 0.471 e. The second kappa shape index (κ2) is 1.08. The molecule has 1 heteroatoms.